The highest BCUT2D eigenvalue weighted by molar-refractivity contribution is 7.91. The first-order chi connectivity index (χ1) is 9.34. The second kappa shape index (κ2) is 6.05. The maximum atomic E-state index is 12.2. The van der Waals surface area contributed by atoms with Crippen molar-refractivity contribution in [2.24, 2.45) is 5.92 Å². The number of amides is 1. The van der Waals surface area contributed by atoms with Crippen LogP contribution in [0.2, 0.25) is 0 Å². The zero-order valence-electron chi connectivity index (χ0n) is 12.4. The second-order valence-corrected chi connectivity index (χ2v) is 9.31. The van der Waals surface area contributed by atoms with Crippen LogP contribution in [0.4, 0.5) is 0 Å². The summed E-state index contributed by atoms with van der Waals surface area (Å²) in [6, 6.07) is 1.18. The molecule has 0 aromatic rings. The maximum absolute atomic E-state index is 12.2. The largest absolute Gasteiger partial charge is 0.350 e. The molecule has 21 heavy (non-hydrogen) atoms. The van der Waals surface area contributed by atoms with E-state index >= 15 is 0 Å². The number of hydrogen-bond acceptors (Lipinski definition) is 4. The number of piperidine rings is 1. The van der Waals surface area contributed by atoms with Crippen molar-refractivity contribution in [3.63, 3.8) is 0 Å². The number of hydrogen-bond donors (Lipinski definition) is 2. The Balaban J connectivity index is 0.00000161. The van der Waals surface area contributed by atoms with Gasteiger partial charge in [-0.15, -0.1) is 12.4 Å². The van der Waals surface area contributed by atoms with Gasteiger partial charge in [-0.3, -0.25) is 4.79 Å². The van der Waals surface area contributed by atoms with E-state index in [9.17, 15) is 13.2 Å². The van der Waals surface area contributed by atoms with Crippen molar-refractivity contribution in [2.75, 3.05) is 11.5 Å². The van der Waals surface area contributed by atoms with E-state index in [0.29, 0.717) is 30.8 Å². The molecule has 3 rings (SSSR count). The molecule has 0 radical (unpaired) electrons. The SMILES string of the molecule is CC1(NC(=O)CC2CC3CCC(C2)N3)CCS(=O)(=O)C1.Cl. The molecule has 0 aromatic carbocycles. The molecule has 0 aliphatic carbocycles. The van der Waals surface area contributed by atoms with Crippen LogP contribution in [-0.4, -0.2) is 43.5 Å². The fraction of sp³-hybridized carbons (Fsp3) is 0.929. The minimum Gasteiger partial charge on any atom is -0.350 e. The van der Waals surface area contributed by atoms with Gasteiger partial charge in [0.25, 0.3) is 0 Å². The predicted octanol–water partition coefficient (Wildman–Crippen LogP) is 1.02. The summed E-state index contributed by atoms with van der Waals surface area (Å²) < 4.78 is 23.1. The first-order valence-corrected chi connectivity index (χ1v) is 9.43. The van der Waals surface area contributed by atoms with Gasteiger partial charge in [0.15, 0.2) is 9.84 Å². The molecule has 5 nitrogen and oxygen atoms in total. The van der Waals surface area contributed by atoms with Crippen molar-refractivity contribution in [1.82, 2.24) is 10.6 Å². The fourth-order valence-corrected chi connectivity index (χ4v) is 6.19. The van der Waals surface area contributed by atoms with Gasteiger partial charge in [0.2, 0.25) is 5.91 Å². The number of carbonyl (C=O) groups is 1. The maximum Gasteiger partial charge on any atom is 0.220 e. The molecule has 0 aromatic heterocycles. The van der Waals surface area contributed by atoms with Crippen LogP contribution >= 0.6 is 12.4 Å². The van der Waals surface area contributed by atoms with Gasteiger partial charge in [-0.1, -0.05) is 0 Å². The summed E-state index contributed by atoms with van der Waals surface area (Å²) in [6.07, 6.45) is 5.72. The number of carbonyl (C=O) groups excluding carboxylic acids is 1. The lowest BCUT2D eigenvalue weighted by Crippen LogP contribution is -2.48. The van der Waals surface area contributed by atoms with E-state index in [0.717, 1.165) is 12.8 Å². The average molecular weight is 337 g/mol. The zero-order chi connectivity index (χ0) is 14.4. The van der Waals surface area contributed by atoms with Gasteiger partial charge in [0.05, 0.1) is 17.0 Å². The monoisotopic (exact) mass is 336 g/mol. The third-order valence-corrected chi connectivity index (χ3v) is 6.89. The Kier molecular flexibility index (Phi) is 4.90. The molecule has 2 bridgehead atoms. The summed E-state index contributed by atoms with van der Waals surface area (Å²) >= 11 is 0. The molecule has 3 aliphatic rings. The fourth-order valence-electron chi connectivity index (χ4n) is 4.10. The van der Waals surface area contributed by atoms with Crippen LogP contribution in [-0.2, 0) is 14.6 Å². The van der Waals surface area contributed by atoms with E-state index in [1.54, 1.807) is 0 Å². The highest BCUT2D eigenvalue weighted by Crippen LogP contribution is 2.33. The Labute approximate surface area is 133 Å². The highest BCUT2D eigenvalue weighted by atomic mass is 35.5. The summed E-state index contributed by atoms with van der Waals surface area (Å²) in [7, 11) is -2.96. The minimum absolute atomic E-state index is 0. The zero-order valence-corrected chi connectivity index (χ0v) is 14.1. The molecule has 3 saturated heterocycles. The Bertz CT molecular complexity index is 498. The first-order valence-electron chi connectivity index (χ1n) is 7.61. The van der Waals surface area contributed by atoms with Crippen molar-refractivity contribution >= 4 is 28.2 Å². The van der Waals surface area contributed by atoms with Gasteiger partial charge < -0.3 is 10.6 Å². The summed E-state index contributed by atoms with van der Waals surface area (Å²) in [5.74, 6) is 0.760. The topological polar surface area (TPSA) is 75.3 Å². The van der Waals surface area contributed by atoms with E-state index in [2.05, 4.69) is 10.6 Å². The molecular formula is C14H25ClN2O3S. The van der Waals surface area contributed by atoms with Crippen LogP contribution in [0.25, 0.3) is 0 Å². The molecule has 122 valence electrons. The van der Waals surface area contributed by atoms with Crippen LogP contribution in [0.5, 0.6) is 0 Å². The summed E-state index contributed by atoms with van der Waals surface area (Å²) in [6.45, 7) is 1.85. The van der Waals surface area contributed by atoms with Crippen molar-refractivity contribution < 1.29 is 13.2 Å². The molecule has 1 amide bonds. The summed E-state index contributed by atoms with van der Waals surface area (Å²) in [5, 5.41) is 6.54. The number of sulfone groups is 1. The highest BCUT2D eigenvalue weighted by Gasteiger charge is 2.40. The molecule has 3 aliphatic heterocycles. The van der Waals surface area contributed by atoms with Crippen molar-refractivity contribution in [2.45, 2.75) is 63.1 Å². The Morgan fingerprint density at radius 3 is 2.43 bits per heavy atom. The molecule has 3 unspecified atom stereocenters. The smallest absolute Gasteiger partial charge is 0.220 e. The molecule has 0 saturated carbocycles. The lowest BCUT2D eigenvalue weighted by molar-refractivity contribution is -0.123. The van der Waals surface area contributed by atoms with Crippen LogP contribution < -0.4 is 10.6 Å². The van der Waals surface area contributed by atoms with Crippen LogP contribution in [0.3, 0.4) is 0 Å². The number of nitrogens with one attached hydrogen (secondary N) is 2. The Hall–Kier alpha value is -0.330. The quantitative estimate of drug-likeness (QED) is 0.807. The van der Waals surface area contributed by atoms with Gasteiger partial charge in [-0.25, -0.2) is 8.42 Å². The summed E-state index contributed by atoms with van der Waals surface area (Å²) in [4.78, 5) is 12.2. The van der Waals surface area contributed by atoms with Crippen LogP contribution in [0.15, 0.2) is 0 Å². The van der Waals surface area contributed by atoms with Crippen LogP contribution in [0.1, 0.15) is 45.4 Å². The Morgan fingerprint density at radius 1 is 1.29 bits per heavy atom. The van der Waals surface area contributed by atoms with Gasteiger partial charge in [-0.2, -0.15) is 0 Å². The van der Waals surface area contributed by atoms with Gasteiger partial charge in [-0.05, 0) is 44.9 Å². The molecule has 7 heteroatoms. The summed E-state index contributed by atoms with van der Waals surface area (Å²) in [5.41, 5.74) is -0.554. The molecule has 2 N–H and O–H groups in total. The molecule has 3 atom stereocenters. The van der Waals surface area contributed by atoms with Crippen LogP contribution in [0, 0.1) is 5.92 Å². The predicted molar refractivity (Wildman–Crippen MR) is 84.4 cm³/mol. The van der Waals surface area contributed by atoms with Crippen molar-refractivity contribution in [3.8, 4) is 0 Å². The standard InChI is InChI=1S/C14H24N2O3S.ClH/c1-14(4-5-20(18,19)9-14)16-13(17)8-10-6-11-2-3-12(7-10)15-11;/h10-12,15H,2-9H2,1H3,(H,16,17);1H. The minimum atomic E-state index is -2.96. The van der Waals surface area contributed by atoms with E-state index < -0.39 is 15.4 Å². The number of halogens is 1. The van der Waals surface area contributed by atoms with Gasteiger partial charge in [0, 0.05) is 18.5 Å². The number of fused-ring (bicyclic) bond motifs is 2. The normalized spacial score (nSPS) is 40.5. The van der Waals surface area contributed by atoms with E-state index in [-0.39, 0.29) is 29.8 Å². The molecule has 3 fully saturated rings. The lowest BCUT2D eigenvalue weighted by Gasteiger charge is -2.30. The van der Waals surface area contributed by atoms with E-state index in [1.807, 2.05) is 6.92 Å². The third-order valence-electron chi connectivity index (χ3n) is 4.99. The lowest BCUT2D eigenvalue weighted by atomic mass is 9.89. The van der Waals surface area contributed by atoms with Gasteiger partial charge in [0.1, 0.15) is 0 Å². The van der Waals surface area contributed by atoms with Crippen molar-refractivity contribution in [1.29, 1.82) is 0 Å². The molecule has 3 heterocycles. The number of rotatable bonds is 3. The Morgan fingerprint density at radius 2 is 1.90 bits per heavy atom. The van der Waals surface area contributed by atoms with Gasteiger partial charge >= 0.3 is 0 Å². The average Bonchev–Trinajstić information content (AvgIpc) is 2.78. The third kappa shape index (κ3) is 4.11. The second-order valence-electron chi connectivity index (χ2n) is 7.13. The molecular weight excluding hydrogens is 312 g/mol. The van der Waals surface area contributed by atoms with E-state index in [1.165, 1.54) is 12.8 Å². The first kappa shape index (κ1) is 17.0. The van der Waals surface area contributed by atoms with Crippen molar-refractivity contribution in [3.05, 3.63) is 0 Å². The van der Waals surface area contributed by atoms with E-state index in [4.69, 9.17) is 0 Å². The molecule has 0 spiro atoms.